The van der Waals surface area contributed by atoms with Crippen LogP contribution in [0.4, 0.5) is 4.79 Å². The Morgan fingerprint density at radius 3 is 2.05 bits per heavy atom. The van der Waals surface area contributed by atoms with Crippen molar-refractivity contribution in [3.8, 4) is 0 Å². The van der Waals surface area contributed by atoms with E-state index in [-0.39, 0.29) is 29.4 Å². The molecule has 2 saturated carbocycles. The minimum absolute atomic E-state index is 0.0205. The van der Waals surface area contributed by atoms with Crippen LogP contribution in [0.5, 0.6) is 0 Å². The zero-order chi connectivity index (χ0) is 30.9. The second kappa shape index (κ2) is 15.7. The van der Waals surface area contributed by atoms with Gasteiger partial charge in [-0.25, -0.2) is 4.79 Å². The van der Waals surface area contributed by atoms with Crippen LogP contribution in [0.25, 0.3) is 0 Å². The summed E-state index contributed by atoms with van der Waals surface area (Å²) in [5.74, 6) is -2.47. The van der Waals surface area contributed by atoms with E-state index in [1.165, 1.54) is 4.90 Å². The van der Waals surface area contributed by atoms with Crippen molar-refractivity contribution in [2.75, 3.05) is 6.54 Å². The minimum Gasteiger partial charge on any atom is -0.363 e. The van der Waals surface area contributed by atoms with E-state index in [0.717, 1.165) is 83.5 Å². The van der Waals surface area contributed by atoms with Crippen molar-refractivity contribution >= 4 is 35.3 Å². The molecule has 5 atom stereocenters. The fourth-order valence-electron chi connectivity index (χ4n) is 7.14. The highest BCUT2D eigenvalue weighted by Crippen LogP contribution is 2.35. The number of nitrogens with two attached hydrogens (primary N) is 1. The van der Waals surface area contributed by atoms with Crippen molar-refractivity contribution < 1.29 is 28.8 Å². The normalized spacial score (nSPS) is 29.2. The Labute approximate surface area is 255 Å². The number of carbonyl (C=O) groups excluding carboxylic acids is 6. The van der Waals surface area contributed by atoms with Crippen molar-refractivity contribution in [1.29, 1.82) is 0 Å². The maximum atomic E-state index is 14.0. The largest absolute Gasteiger partial charge is 0.363 e. The van der Waals surface area contributed by atoms with Gasteiger partial charge in [-0.3, -0.25) is 24.0 Å². The Bertz CT molecular complexity index is 1040. The van der Waals surface area contributed by atoms with Crippen LogP contribution < -0.4 is 21.7 Å². The van der Waals surface area contributed by atoms with Crippen LogP contribution in [0, 0.1) is 17.8 Å². The van der Waals surface area contributed by atoms with Crippen molar-refractivity contribution in [3.63, 3.8) is 0 Å². The lowest BCUT2D eigenvalue weighted by Crippen LogP contribution is -2.58. The number of amides is 5. The van der Waals surface area contributed by atoms with E-state index in [1.54, 1.807) is 0 Å². The molecule has 11 heteroatoms. The molecule has 0 bridgehead atoms. The third-order valence-electron chi connectivity index (χ3n) is 9.75. The number of rotatable bonds is 7. The van der Waals surface area contributed by atoms with E-state index in [1.807, 2.05) is 6.92 Å². The minimum atomic E-state index is -1.09. The molecule has 43 heavy (non-hydrogen) atoms. The standard InChI is InChI=1S/C32H51N5O6/c1-20-18-25-30(41)34-23(28(39)29(33)40)14-10-5-3-2-4-6-11-15-24(31(42)37(25)19-20)35-32(43)36-26(27(38)22-16-17-22)21-12-8-7-9-13-21/h20-26H,2-19H2,1H3,(H2,33,40)(H,34,41)(H2,35,36,43)/t20-,23+,24+,25+,26+/m1/s1. The van der Waals surface area contributed by atoms with Gasteiger partial charge in [-0.05, 0) is 56.8 Å². The highest BCUT2D eigenvalue weighted by Gasteiger charge is 2.43. The van der Waals surface area contributed by atoms with Gasteiger partial charge < -0.3 is 26.6 Å². The molecule has 2 aliphatic heterocycles. The molecule has 4 rings (SSSR count). The van der Waals surface area contributed by atoms with Crippen molar-refractivity contribution in [3.05, 3.63) is 0 Å². The van der Waals surface area contributed by atoms with Crippen LogP contribution in [0.3, 0.4) is 0 Å². The van der Waals surface area contributed by atoms with Gasteiger partial charge in [0.1, 0.15) is 12.1 Å². The summed E-state index contributed by atoms with van der Waals surface area (Å²) in [7, 11) is 0. The van der Waals surface area contributed by atoms with Crippen LogP contribution in [0.1, 0.15) is 116 Å². The van der Waals surface area contributed by atoms with Crippen LogP contribution in [-0.4, -0.2) is 70.9 Å². The lowest BCUT2D eigenvalue weighted by molar-refractivity contribution is -0.142. The van der Waals surface area contributed by atoms with Gasteiger partial charge in [-0.2, -0.15) is 0 Å². The van der Waals surface area contributed by atoms with Gasteiger partial charge in [0.05, 0.1) is 12.1 Å². The first kappa shape index (κ1) is 32.9. The lowest BCUT2D eigenvalue weighted by Gasteiger charge is -2.32. The van der Waals surface area contributed by atoms with Gasteiger partial charge in [0, 0.05) is 12.5 Å². The molecule has 0 aromatic carbocycles. The molecule has 5 amide bonds. The van der Waals surface area contributed by atoms with Crippen LogP contribution >= 0.6 is 0 Å². The SMILES string of the molecule is C[C@@H]1C[C@H]2C(=O)N[C@H](C(=O)C(N)=O)CCCCCCCCC[C@H](NC(=O)N[C@H](C(=O)C3CC3)C3CCCCC3)C(=O)N2C1. The highest BCUT2D eigenvalue weighted by atomic mass is 16.2. The number of urea groups is 1. The van der Waals surface area contributed by atoms with Gasteiger partial charge in [0.25, 0.3) is 5.91 Å². The Morgan fingerprint density at radius 1 is 0.837 bits per heavy atom. The zero-order valence-corrected chi connectivity index (χ0v) is 25.7. The van der Waals surface area contributed by atoms with Crippen LogP contribution in [0.2, 0.25) is 0 Å². The molecular formula is C32H51N5O6. The second-order valence-electron chi connectivity index (χ2n) is 13.4. The molecule has 4 aliphatic rings. The topological polar surface area (TPSA) is 168 Å². The number of hydrogen-bond acceptors (Lipinski definition) is 6. The predicted molar refractivity (Wildman–Crippen MR) is 161 cm³/mol. The summed E-state index contributed by atoms with van der Waals surface area (Å²) >= 11 is 0. The van der Waals surface area contributed by atoms with Crippen molar-refractivity contribution in [2.45, 2.75) is 140 Å². The first-order valence-electron chi connectivity index (χ1n) is 16.7. The Kier molecular flexibility index (Phi) is 12.0. The molecule has 2 heterocycles. The number of ketones is 2. The highest BCUT2D eigenvalue weighted by molar-refractivity contribution is 6.37. The molecule has 2 saturated heterocycles. The summed E-state index contributed by atoms with van der Waals surface area (Å²) in [5.41, 5.74) is 5.28. The molecule has 2 aliphatic carbocycles. The number of nitrogens with zero attached hydrogens (tertiary/aromatic N) is 1. The number of Topliss-reactive ketones (excluding diaryl/α,β-unsaturated/α-hetero) is 2. The van der Waals surface area contributed by atoms with E-state index < -0.39 is 47.8 Å². The van der Waals surface area contributed by atoms with E-state index in [4.69, 9.17) is 5.73 Å². The van der Waals surface area contributed by atoms with Crippen LogP contribution in [-0.2, 0) is 24.0 Å². The monoisotopic (exact) mass is 601 g/mol. The summed E-state index contributed by atoms with van der Waals surface area (Å²) in [4.78, 5) is 79.8. The van der Waals surface area contributed by atoms with Gasteiger partial charge in [0.2, 0.25) is 17.6 Å². The molecule has 0 aromatic heterocycles. The molecule has 240 valence electrons. The predicted octanol–water partition coefficient (Wildman–Crippen LogP) is 2.88. The third-order valence-corrected chi connectivity index (χ3v) is 9.75. The van der Waals surface area contributed by atoms with E-state index in [9.17, 15) is 28.8 Å². The molecular weight excluding hydrogens is 550 g/mol. The van der Waals surface area contributed by atoms with Crippen molar-refractivity contribution in [2.24, 2.45) is 23.5 Å². The van der Waals surface area contributed by atoms with Gasteiger partial charge in [-0.1, -0.05) is 71.1 Å². The Morgan fingerprint density at radius 2 is 1.42 bits per heavy atom. The fraction of sp³-hybridized carbons (Fsp3) is 0.812. The molecule has 4 fully saturated rings. The van der Waals surface area contributed by atoms with E-state index in [2.05, 4.69) is 16.0 Å². The summed E-state index contributed by atoms with van der Waals surface area (Å²) < 4.78 is 0. The lowest BCUT2D eigenvalue weighted by atomic mass is 9.81. The summed E-state index contributed by atoms with van der Waals surface area (Å²) in [5, 5.41) is 8.59. The maximum absolute atomic E-state index is 14.0. The van der Waals surface area contributed by atoms with E-state index >= 15 is 0 Å². The number of nitrogens with one attached hydrogen (secondary N) is 3. The number of carbonyl (C=O) groups is 6. The third kappa shape index (κ3) is 9.25. The molecule has 0 spiro atoms. The summed E-state index contributed by atoms with van der Waals surface area (Å²) in [6.45, 7) is 2.30. The first-order chi connectivity index (χ1) is 20.7. The second-order valence-corrected chi connectivity index (χ2v) is 13.4. The molecule has 11 nitrogen and oxygen atoms in total. The van der Waals surface area contributed by atoms with Gasteiger partial charge >= 0.3 is 6.03 Å². The van der Waals surface area contributed by atoms with E-state index in [0.29, 0.717) is 32.2 Å². The Balaban J connectivity index is 1.50. The van der Waals surface area contributed by atoms with Crippen LogP contribution in [0.15, 0.2) is 0 Å². The molecule has 0 unspecified atom stereocenters. The van der Waals surface area contributed by atoms with Gasteiger partial charge in [-0.15, -0.1) is 0 Å². The smallest absolute Gasteiger partial charge is 0.316 e. The summed E-state index contributed by atoms with van der Waals surface area (Å²) in [6, 6.07) is -3.75. The molecule has 0 radical (unpaired) electrons. The number of fused-ring (bicyclic) bond motifs is 1. The Hall–Kier alpha value is -2.98. The summed E-state index contributed by atoms with van der Waals surface area (Å²) in [6.07, 6.45) is 14.1. The fourth-order valence-corrected chi connectivity index (χ4v) is 7.14. The number of primary amides is 1. The van der Waals surface area contributed by atoms with Gasteiger partial charge in [0.15, 0.2) is 5.78 Å². The first-order valence-corrected chi connectivity index (χ1v) is 16.7. The maximum Gasteiger partial charge on any atom is 0.316 e. The average molecular weight is 602 g/mol. The quantitative estimate of drug-likeness (QED) is 0.327. The number of hydrogen-bond donors (Lipinski definition) is 4. The average Bonchev–Trinajstić information content (AvgIpc) is 3.77. The molecule has 5 N–H and O–H groups in total. The molecule has 0 aromatic rings. The van der Waals surface area contributed by atoms with Crippen molar-refractivity contribution in [1.82, 2.24) is 20.9 Å². The zero-order valence-electron chi connectivity index (χ0n) is 25.7.